The summed E-state index contributed by atoms with van der Waals surface area (Å²) in [6.45, 7) is 17.4. The predicted molar refractivity (Wildman–Crippen MR) is 146 cm³/mol. The number of likely N-dealkylation sites (tertiary alicyclic amines) is 1. The quantitative estimate of drug-likeness (QED) is 0.538. The monoisotopic (exact) mass is 529 g/mol. The molecule has 3 heterocycles. The number of hydrogen-bond donors (Lipinski definition) is 1. The predicted octanol–water partition coefficient (Wildman–Crippen LogP) is 2.90. The van der Waals surface area contributed by atoms with Crippen LogP contribution < -0.4 is 15.7 Å². The van der Waals surface area contributed by atoms with Crippen LogP contribution in [0.15, 0.2) is 12.4 Å². The number of ether oxygens (including phenoxy) is 1. The summed E-state index contributed by atoms with van der Waals surface area (Å²) in [7, 11) is -0.488. The molecule has 2 aliphatic heterocycles. The van der Waals surface area contributed by atoms with Crippen LogP contribution in [0.1, 0.15) is 81.1 Å². The molecule has 3 fully saturated rings. The zero-order valence-electron chi connectivity index (χ0n) is 24.2. The van der Waals surface area contributed by atoms with E-state index in [1.165, 1.54) is 0 Å². The first-order valence-corrected chi connectivity index (χ1v) is 13.9. The third-order valence-corrected chi connectivity index (χ3v) is 7.82. The molecule has 0 bridgehead atoms. The highest BCUT2D eigenvalue weighted by molar-refractivity contribution is 6.61. The van der Waals surface area contributed by atoms with Crippen LogP contribution >= 0.6 is 0 Å². The fourth-order valence-corrected chi connectivity index (χ4v) is 4.87. The number of rotatable bonds is 7. The van der Waals surface area contributed by atoms with Crippen molar-refractivity contribution in [3.05, 3.63) is 12.4 Å². The van der Waals surface area contributed by atoms with Crippen LogP contribution in [0.4, 0.5) is 10.7 Å². The highest BCUT2D eigenvalue weighted by atomic mass is 16.7. The summed E-state index contributed by atoms with van der Waals surface area (Å²) < 4.78 is 17.6. The van der Waals surface area contributed by atoms with Crippen LogP contribution in [0, 0.1) is 5.92 Å². The molecule has 0 radical (unpaired) electrons. The minimum Gasteiger partial charge on any atom is -0.444 e. The van der Waals surface area contributed by atoms with E-state index in [9.17, 15) is 9.59 Å². The minimum atomic E-state index is -0.644. The average Bonchev–Trinajstić information content (AvgIpc) is 3.62. The number of piperidine rings is 1. The van der Waals surface area contributed by atoms with Gasteiger partial charge < -0.3 is 29.2 Å². The van der Waals surface area contributed by atoms with Crippen LogP contribution in [-0.2, 0) is 18.8 Å². The lowest BCUT2D eigenvalue weighted by Gasteiger charge is -2.37. The smallest absolute Gasteiger partial charge is 0.444 e. The van der Waals surface area contributed by atoms with E-state index in [4.69, 9.17) is 24.0 Å². The molecular weight excluding hydrogens is 485 g/mol. The Kier molecular flexibility index (Phi) is 8.01. The van der Waals surface area contributed by atoms with Crippen molar-refractivity contribution in [2.45, 2.75) is 110 Å². The molecule has 2 unspecified atom stereocenters. The van der Waals surface area contributed by atoms with Crippen LogP contribution in [0.2, 0.25) is 0 Å². The van der Waals surface area contributed by atoms with Crippen molar-refractivity contribution in [3.63, 3.8) is 0 Å². The fraction of sp³-hybridized carbons (Fsp3) is 0.778. The van der Waals surface area contributed by atoms with Crippen molar-refractivity contribution in [1.29, 1.82) is 0 Å². The summed E-state index contributed by atoms with van der Waals surface area (Å²) in [5, 5.41) is 2.68. The van der Waals surface area contributed by atoms with Crippen molar-refractivity contribution in [2.24, 2.45) is 5.92 Å². The zero-order chi connectivity index (χ0) is 27.9. The number of nitrogens with one attached hydrogen (secondary N) is 1. The number of hydrogen-bond acceptors (Lipinski definition) is 8. The number of alkyl carbamates (subject to hydrolysis) is 1. The molecule has 1 saturated carbocycles. The third kappa shape index (κ3) is 6.78. The maximum absolute atomic E-state index is 13.1. The Balaban J connectivity index is 1.36. The standard InChI is InChI=1S/C27H44BN5O5/c1-18(31-24(35)36-25(2,3)4)22(34)32-13-9-10-19(16-32)17-33(21-11-12-21)23-29-14-20(15-30-23)28-37-26(5,6)27(7,8)38-28/h14-15,18-19,21H,9-13,16-17H2,1-8H3,(H,31,35). The number of nitrogens with zero attached hydrogens (tertiary/aromatic N) is 4. The molecule has 10 nitrogen and oxygen atoms in total. The summed E-state index contributed by atoms with van der Waals surface area (Å²) in [6.07, 6.45) is 7.24. The molecule has 2 amide bonds. The van der Waals surface area contributed by atoms with Gasteiger partial charge in [-0.15, -0.1) is 0 Å². The van der Waals surface area contributed by atoms with Gasteiger partial charge in [0.05, 0.1) is 11.2 Å². The average molecular weight is 529 g/mol. The zero-order valence-corrected chi connectivity index (χ0v) is 24.2. The van der Waals surface area contributed by atoms with Gasteiger partial charge in [-0.2, -0.15) is 0 Å². The Morgan fingerprint density at radius 3 is 2.32 bits per heavy atom. The van der Waals surface area contributed by atoms with Gasteiger partial charge in [0.25, 0.3) is 0 Å². The Morgan fingerprint density at radius 1 is 1.16 bits per heavy atom. The van der Waals surface area contributed by atoms with E-state index < -0.39 is 36.1 Å². The first-order valence-electron chi connectivity index (χ1n) is 13.9. The van der Waals surface area contributed by atoms with E-state index in [-0.39, 0.29) is 5.91 Å². The summed E-state index contributed by atoms with van der Waals surface area (Å²) in [5.74, 6) is 0.922. The first-order chi connectivity index (χ1) is 17.6. The molecule has 3 aliphatic rings. The van der Waals surface area contributed by atoms with Crippen molar-refractivity contribution >= 4 is 30.5 Å². The summed E-state index contributed by atoms with van der Waals surface area (Å²) >= 11 is 0. The van der Waals surface area contributed by atoms with Gasteiger partial charge >= 0.3 is 13.2 Å². The second-order valence-electron chi connectivity index (χ2n) is 12.9. The van der Waals surface area contributed by atoms with Crippen molar-refractivity contribution < 1.29 is 23.6 Å². The van der Waals surface area contributed by atoms with Gasteiger partial charge in [0.2, 0.25) is 11.9 Å². The Morgan fingerprint density at radius 2 is 1.76 bits per heavy atom. The summed E-state index contributed by atoms with van der Waals surface area (Å²) in [6, 6.07) is -0.217. The van der Waals surface area contributed by atoms with Crippen LogP contribution in [0.25, 0.3) is 0 Å². The first kappa shape index (κ1) is 28.6. The maximum atomic E-state index is 13.1. The van der Waals surface area contributed by atoms with Gasteiger partial charge in [0.15, 0.2) is 0 Å². The topological polar surface area (TPSA) is 106 Å². The lowest BCUT2D eigenvalue weighted by atomic mass is 9.81. The van der Waals surface area contributed by atoms with Crippen LogP contribution in [0.5, 0.6) is 0 Å². The maximum Gasteiger partial charge on any atom is 0.498 e. The van der Waals surface area contributed by atoms with Gasteiger partial charge in [-0.25, -0.2) is 14.8 Å². The second-order valence-corrected chi connectivity index (χ2v) is 12.9. The van der Waals surface area contributed by atoms with Gasteiger partial charge in [0, 0.05) is 43.5 Å². The van der Waals surface area contributed by atoms with E-state index >= 15 is 0 Å². The number of amides is 2. The number of carbonyl (C=O) groups excluding carboxylic acids is 2. The summed E-state index contributed by atoms with van der Waals surface area (Å²) in [4.78, 5) is 38.8. The molecule has 1 aliphatic carbocycles. The van der Waals surface area contributed by atoms with Crippen molar-refractivity contribution in [1.82, 2.24) is 20.2 Å². The van der Waals surface area contributed by atoms with E-state index in [1.807, 2.05) is 32.6 Å². The molecule has 0 spiro atoms. The highest BCUT2D eigenvalue weighted by Gasteiger charge is 2.52. The normalized spacial score (nSPS) is 23.6. The number of carbonyl (C=O) groups is 2. The highest BCUT2D eigenvalue weighted by Crippen LogP contribution is 2.36. The molecule has 1 aromatic heterocycles. The Bertz CT molecular complexity index is 992. The molecule has 2 saturated heterocycles. The van der Waals surface area contributed by atoms with Gasteiger partial charge in [-0.3, -0.25) is 4.79 Å². The van der Waals surface area contributed by atoms with E-state index in [0.717, 1.165) is 37.7 Å². The molecule has 11 heteroatoms. The second kappa shape index (κ2) is 10.6. The van der Waals surface area contributed by atoms with Gasteiger partial charge in [0.1, 0.15) is 11.6 Å². The third-order valence-electron chi connectivity index (χ3n) is 7.82. The SMILES string of the molecule is CC(NC(=O)OC(C)(C)C)C(=O)N1CCCC(CN(c2ncc(B3OC(C)(C)C(C)(C)O3)cn2)C2CC2)C1. The molecule has 1 N–H and O–H groups in total. The number of aromatic nitrogens is 2. The molecule has 2 atom stereocenters. The molecule has 0 aromatic carbocycles. The Labute approximate surface area is 227 Å². The van der Waals surface area contributed by atoms with Crippen LogP contribution in [-0.4, -0.2) is 82.5 Å². The Hall–Kier alpha value is -2.40. The number of anilines is 1. The van der Waals surface area contributed by atoms with Crippen molar-refractivity contribution in [2.75, 3.05) is 24.5 Å². The largest absolute Gasteiger partial charge is 0.498 e. The molecule has 210 valence electrons. The molecular formula is C27H44BN5O5. The molecule has 4 rings (SSSR count). The van der Waals surface area contributed by atoms with Gasteiger partial charge in [-0.05, 0) is 87.0 Å². The fourth-order valence-electron chi connectivity index (χ4n) is 4.87. The summed E-state index contributed by atoms with van der Waals surface area (Å²) in [5.41, 5.74) is -0.634. The van der Waals surface area contributed by atoms with Crippen LogP contribution in [0.3, 0.4) is 0 Å². The van der Waals surface area contributed by atoms with E-state index in [2.05, 4.69) is 10.2 Å². The van der Waals surface area contributed by atoms with E-state index in [1.54, 1.807) is 40.1 Å². The molecule has 1 aromatic rings. The lowest BCUT2D eigenvalue weighted by Crippen LogP contribution is -2.52. The van der Waals surface area contributed by atoms with Crippen molar-refractivity contribution in [3.8, 4) is 0 Å². The lowest BCUT2D eigenvalue weighted by molar-refractivity contribution is -0.134. The van der Waals surface area contributed by atoms with Gasteiger partial charge in [-0.1, -0.05) is 0 Å². The minimum absolute atomic E-state index is 0.0819. The molecule has 38 heavy (non-hydrogen) atoms. The van der Waals surface area contributed by atoms with E-state index in [0.29, 0.717) is 31.0 Å².